The first-order chi connectivity index (χ1) is 12.7. The second kappa shape index (κ2) is 8.61. The minimum atomic E-state index is -0.952. The number of thioether (sulfide) groups is 1. The van der Waals surface area contributed by atoms with Crippen molar-refractivity contribution in [3.8, 4) is 5.75 Å². The van der Waals surface area contributed by atoms with Crippen molar-refractivity contribution in [2.75, 3.05) is 13.7 Å². The van der Waals surface area contributed by atoms with E-state index in [2.05, 4.69) is 13.8 Å². The van der Waals surface area contributed by atoms with Crippen LogP contribution >= 0.6 is 11.8 Å². The number of rotatable bonds is 6. The molecular weight excluding hydrogens is 366 g/mol. The molecule has 1 aromatic carbocycles. The van der Waals surface area contributed by atoms with Crippen LogP contribution in [0.1, 0.15) is 50.3 Å². The Kier molecular flexibility index (Phi) is 6.70. The van der Waals surface area contributed by atoms with E-state index in [1.54, 1.807) is 20.1 Å². The van der Waals surface area contributed by atoms with Gasteiger partial charge in [-0.1, -0.05) is 13.8 Å². The number of esters is 1. The summed E-state index contributed by atoms with van der Waals surface area (Å²) < 4.78 is 10.4. The molecule has 1 saturated heterocycles. The Balaban J connectivity index is 2.38. The van der Waals surface area contributed by atoms with E-state index in [1.165, 1.54) is 6.92 Å². The maximum atomic E-state index is 12.7. The van der Waals surface area contributed by atoms with E-state index >= 15 is 0 Å². The van der Waals surface area contributed by atoms with E-state index in [-0.39, 0.29) is 12.5 Å². The van der Waals surface area contributed by atoms with Crippen LogP contribution in [0.25, 0.3) is 6.08 Å². The number of nitrogens with zero attached hydrogens (tertiary/aromatic N) is 1. The molecule has 1 aliphatic rings. The van der Waals surface area contributed by atoms with Crippen LogP contribution in [-0.4, -0.2) is 41.8 Å². The summed E-state index contributed by atoms with van der Waals surface area (Å²) >= 11 is 0.833. The quantitative estimate of drug-likeness (QED) is 0.537. The Morgan fingerprint density at radius 2 is 1.93 bits per heavy atom. The molecule has 7 heteroatoms. The molecule has 0 N–H and O–H groups in total. The maximum absolute atomic E-state index is 12.7. The Morgan fingerprint density at radius 1 is 1.26 bits per heavy atom. The van der Waals surface area contributed by atoms with Gasteiger partial charge < -0.3 is 9.47 Å². The Morgan fingerprint density at radius 3 is 2.48 bits per heavy atom. The normalized spacial score (nSPS) is 17.0. The zero-order chi connectivity index (χ0) is 20.3. The van der Waals surface area contributed by atoms with Crippen LogP contribution in [0.2, 0.25) is 0 Å². The average Bonchev–Trinajstić information content (AvgIpc) is 2.89. The van der Waals surface area contributed by atoms with Crippen molar-refractivity contribution in [1.82, 2.24) is 4.90 Å². The molecule has 0 unspecified atom stereocenters. The van der Waals surface area contributed by atoms with Gasteiger partial charge in [0.25, 0.3) is 11.1 Å². The molecule has 1 fully saturated rings. The summed E-state index contributed by atoms with van der Waals surface area (Å²) in [5, 5.41) is -0.470. The fraction of sp³-hybridized carbons (Fsp3) is 0.450. The third-order valence-corrected chi connectivity index (χ3v) is 5.25. The van der Waals surface area contributed by atoms with Crippen molar-refractivity contribution >= 4 is 35.0 Å². The number of benzene rings is 1. The van der Waals surface area contributed by atoms with Gasteiger partial charge in [0.15, 0.2) is 0 Å². The van der Waals surface area contributed by atoms with Crippen molar-refractivity contribution in [2.24, 2.45) is 0 Å². The molecule has 6 nitrogen and oxygen atoms in total. The van der Waals surface area contributed by atoms with Gasteiger partial charge in [0.2, 0.25) is 0 Å². The Bertz CT molecular complexity index is 800. The van der Waals surface area contributed by atoms with Gasteiger partial charge in [0.1, 0.15) is 11.8 Å². The number of carbonyl (C=O) groups excluding carboxylic acids is 3. The molecular formula is C20H25NO5S. The summed E-state index contributed by atoms with van der Waals surface area (Å²) in [4.78, 5) is 38.2. The van der Waals surface area contributed by atoms with Gasteiger partial charge in [-0.25, -0.2) is 4.79 Å². The number of hydrogen-bond acceptors (Lipinski definition) is 6. The number of amides is 2. The molecule has 1 aromatic rings. The van der Waals surface area contributed by atoms with E-state index in [0.29, 0.717) is 4.91 Å². The van der Waals surface area contributed by atoms with Crippen LogP contribution in [0.15, 0.2) is 17.0 Å². The summed E-state index contributed by atoms with van der Waals surface area (Å²) in [6.07, 6.45) is 1.70. The van der Waals surface area contributed by atoms with Crippen molar-refractivity contribution < 1.29 is 23.9 Å². The Hall–Kier alpha value is -2.28. The molecule has 0 aromatic heterocycles. The highest BCUT2D eigenvalue weighted by Gasteiger charge is 2.41. The van der Waals surface area contributed by atoms with Gasteiger partial charge in [0, 0.05) is 0 Å². The number of imide groups is 1. The van der Waals surface area contributed by atoms with Gasteiger partial charge in [-0.15, -0.1) is 0 Å². The van der Waals surface area contributed by atoms with Crippen LogP contribution in [0, 0.1) is 6.92 Å². The third-order valence-electron chi connectivity index (χ3n) is 4.37. The molecule has 0 radical (unpaired) electrons. The largest absolute Gasteiger partial charge is 0.496 e. The number of carbonyl (C=O) groups is 3. The van der Waals surface area contributed by atoms with E-state index in [9.17, 15) is 14.4 Å². The van der Waals surface area contributed by atoms with Crippen LogP contribution < -0.4 is 4.74 Å². The van der Waals surface area contributed by atoms with Crippen molar-refractivity contribution in [3.63, 3.8) is 0 Å². The first-order valence-corrected chi connectivity index (χ1v) is 9.65. The average molecular weight is 391 g/mol. The van der Waals surface area contributed by atoms with Crippen molar-refractivity contribution in [1.29, 1.82) is 0 Å². The van der Waals surface area contributed by atoms with Gasteiger partial charge in [-0.05, 0) is 73.4 Å². The van der Waals surface area contributed by atoms with Gasteiger partial charge in [-0.2, -0.15) is 0 Å². The topological polar surface area (TPSA) is 72.9 Å². The lowest BCUT2D eigenvalue weighted by atomic mass is 9.96. The molecule has 0 saturated carbocycles. The smallest absolute Gasteiger partial charge is 0.329 e. The summed E-state index contributed by atoms with van der Waals surface area (Å²) in [7, 11) is 1.63. The summed E-state index contributed by atoms with van der Waals surface area (Å²) in [5.41, 5.74) is 2.80. The molecule has 0 spiro atoms. The molecule has 2 rings (SSSR count). The zero-order valence-corrected chi connectivity index (χ0v) is 17.3. The summed E-state index contributed by atoms with van der Waals surface area (Å²) in [6.45, 7) is 9.41. The van der Waals surface area contributed by atoms with Crippen molar-refractivity contribution in [3.05, 3.63) is 33.7 Å². The second-order valence-electron chi connectivity index (χ2n) is 6.59. The predicted molar refractivity (Wildman–Crippen MR) is 106 cm³/mol. The lowest BCUT2D eigenvalue weighted by Crippen LogP contribution is -2.42. The van der Waals surface area contributed by atoms with Gasteiger partial charge >= 0.3 is 5.97 Å². The van der Waals surface area contributed by atoms with Gasteiger partial charge in [-0.3, -0.25) is 14.5 Å². The second-order valence-corrected chi connectivity index (χ2v) is 7.58. The van der Waals surface area contributed by atoms with E-state index in [4.69, 9.17) is 9.47 Å². The number of aryl methyl sites for hydroxylation is 1. The highest BCUT2D eigenvalue weighted by atomic mass is 32.2. The minimum Gasteiger partial charge on any atom is -0.496 e. The van der Waals surface area contributed by atoms with Crippen LogP contribution in [0.5, 0.6) is 5.75 Å². The van der Waals surface area contributed by atoms with E-state index in [1.807, 2.05) is 19.1 Å². The standard InChI is InChI=1S/C20H25NO5S/c1-7-26-19(23)13(5)21-18(22)17(27-20(21)24)10-14-9-15(11(2)3)16(25-6)8-12(14)4/h8-11,13H,7H2,1-6H3/b17-10+/t13-/m0/s1. The van der Waals surface area contributed by atoms with Crippen molar-refractivity contribution in [2.45, 2.75) is 46.6 Å². The number of hydrogen-bond donors (Lipinski definition) is 0. The fourth-order valence-electron chi connectivity index (χ4n) is 2.82. The van der Waals surface area contributed by atoms with E-state index < -0.39 is 23.2 Å². The number of ether oxygens (including phenoxy) is 2. The van der Waals surface area contributed by atoms with Crippen LogP contribution in [0.3, 0.4) is 0 Å². The zero-order valence-electron chi connectivity index (χ0n) is 16.5. The van der Waals surface area contributed by atoms with Crippen LogP contribution in [0.4, 0.5) is 4.79 Å². The summed E-state index contributed by atoms with van der Waals surface area (Å²) in [6, 6.07) is 2.94. The lowest BCUT2D eigenvalue weighted by molar-refractivity contribution is -0.150. The SMILES string of the molecule is CCOC(=O)[C@H](C)N1C(=O)S/C(=C/c2cc(C(C)C)c(OC)cc2C)C1=O. The highest BCUT2D eigenvalue weighted by Crippen LogP contribution is 2.36. The lowest BCUT2D eigenvalue weighted by Gasteiger charge is -2.19. The summed E-state index contributed by atoms with van der Waals surface area (Å²) in [5.74, 6) is -0.0362. The number of methoxy groups -OCH3 is 1. The first kappa shape index (κ1) is 21.0. The third kappa shape index (κ3) is 4.35. The molecule has 1 atom stereocenters. The molecule has 0 bridgehead atoms. The van der Waals surface area contributed by atoms with Gasteiger partial charge in [0.05, 0.1) is 18.6 Å². The molecule has 27 heavy (non-hydrogen) atoms. The minimum absolute atomic E-state index is 0.193. The molecule has 146 valence electrons. The molecule has 1 heterocycles. The Labute approximate surface area is 163 Å². The molecule has 1 aliphatic heterocycles. The van der Waals surface area contributed by atoms with Crippen LogP contribution in [-0.2, 0) is 14.3 Å². The monoisotopic (exact) mass is 391 g/mol. The van der Waals surface area contributed by atoms with E-state index in [0.717, 1.165) is 39.1 Å². The highest BCUT2D eigenvalue weighted by molar-refractivity contribution is 8.18. The maximum Gasteiger partial charge on any atom is 0.329 e. The predicted octanol–water partition coefficient (Wildman–Crippen LogP) is 4.11. The fourth-order valence-corrected chi connectivity index (χ4v) is 3.72. The first-order valence-electron chi connectivity index (χ1n) is 8.83. The molecule has 0 aliphatic carbocycles. The molecule has 2 amide bonds.